The van der Waals surface area contributed by atoms with Crippen LogP contribution in [0.1, 0.15) is 30.5 Å². The van der Waals surface area contributed by atoms with Crippen LogP contribution in [-0.4, -0.2) is 4.98 Å². The maximum atomic E-state index is 4.37. The van der Waals surface area contributed by atoms with E-state index in [-0.39, 0.29) is 0 Å². The van der Waals surface area contributed by atoms with Crippen LogP contribution in [0.25, 0.3) is 11.3 Å². The van der Waals surface area contributed by atoms with Gasteiger partial charge in [0.2, 0.25) is 0 Å². The van der Waals surface area contributed by atoms with Crippen molar-refractivity contribution in [2.24, 2.45) is 0 Å². The van der Waals surface area contributed by atoms with Gasteiger partial charge >= 0.3 is 0 Å². The van der Waals surface area contributed by atoms with Crippen molar-refractivity contribution < 1.29 is 0 Å². The molecule has 3 rings (SSSR count). The second-order valence-electron chi connectivity index (χ2n) is 4.22. The molecular weight excluding hydrogens is 226 g/mol. The van der Waals surface area contributed by atoms with E-state index in [1.807, 2.05) is 13.8 Å². The average Bonchev–Trinajstić information content (AvgIpc) is 2.72. The minimum atomic E-state index is 0.966. The summed E-state index contributed by atoms with van der Waals surface area (Å²) in [7, 11) is 0. The van der Waals surface area contributed by atoms with E-state index in [1.54, 1.807) is 0 Å². The lowest BCUT2D eigenvalue weighted by Crippen LogP contribution is -2.02. The Hall–Kier alpha value is -1.15. The van der Waals surface area contributed by atoms with Crippen molar-refractivity contribution in [3.8, 4) is 11.3 Å². The molecule has 1 aliphatic carbocycles. The van der Waals surface area contributed by atoms with Crippen LogP contribution in [0.4, 0.5) is 0 Å². The highest BCUT2D eigenvalue weighted by Gasteiger charge is 2.17. The van der Waals surface area contributed by atoms with Gasteiger partial charge in [0.05, 0.1) is 5.03 Å². The monoisotopic (exact) mass is 245 g/mol. The molecule has 2 aromatic rings. The van der Waals surface area contributed by atoms with Gasteiger partial charge in [0.15, 0.2) is 0 Å². The molecule has 0 bridgehead atoms. The summed E-state index contributed by atoms with van der Waals surface area (Å²) in [5.74, 6) is 0. The van der Waals surface area contributed by atoms with Gasteiger partial charge in [0.1, 0.15) is 0 Å². The molecule has 0 aliphatic heterocycles. The molecule has 1 nitrogen and oxygen atoms in total. The Morgan fingerprint density at radius 2 is 1.76 bits per heavy atom. The molecule has 2 heteroatoms. The van der Waals surface area contributed by atoms with Crippen LogP contribution in [0.15, 0.2) is 29.3 Å². The molecule has 1 N–H and O–H groups in total. The number of hydrogen-bond acceptors (Lipinski definition) is 1. The minimum Gasteiger partial charge on any atom is -0.350 e. The molecule has 90 valence electrons. The number of hydrogen-bond donors (Lipinski definition) is 2. The lowest BCUT2D eigenvalue weighted by molar-refractivity contribution is 0.939. The topological polar surface area (TPSA) is 15.8 Å². The van der Waals surface area contributed by atoms with Crippen molar-refractivity contribution in [3.05, 3.63) is 41.0 Å². The molecule has 0 fully saturated rings. The standard InChI is InChI=1S/C13H13NS.C2H6/c1-8-2-5-11-9(6-8)3-4-10-7-12(15)14-13(10)11;1-2/h2,5-7,14-15H,3-4H2,1H3;1-2H3. The minimum absolute atomic E-state index is 0.966. The fourth-order valence-corrected chi connectivity index (χ4v) is 2.63. The zero-order valence-corrected chi connectivity index (χ0v) is 11.6. The Labute approximate surface area is 109 Å². The molecule has 0 amide bonds. The molecule has 1 aliphatic rings. The third kappa shape index (κ3) is 2.27. The van der Waals surface area contributed by atoms with Gasteiger partial charge in [-0.25, -0.2) is 0 Å². The fourth-order valence-electron chi connectivity index (χ4n) is 2.36. The molecule has 0 saturated heterocycles. The molecule has 0 saturated carbocycles. The third-order valence-corrected chi connectivity index (χ3v) is 3.32. The summed E-state index contributed by atoms with van der Waals surface area (Å²) in [5, 5.41) is 0.966. The second kappa shape index (κ2) is 5.01. The first-order valence-electron chi connectivity index (χ1n) is 6.25. The van der Waals surface area contributed by atoms with E-state index in [1.165, 1.54) is 27.9 Å². The summed E-state index contributed by atoms with van der Waals surface area (Å²) >= 11 is 4.37. The van der Waals surface area contributed by atoms with E-state index in [2.05, 4.69) is 48.8 Å². The maximum absolute atomic E-state index is 4.37. The molecule has 0 atom stereocenters. The number of aromatic amines is 1. The quantitative estimate of drug-likeness (QED) is 0.640. The van der Waals surface area contributed by atoms with E-state index in [4.69, 9.17) is 0 Å². The SMILES string of the molecule is CC.Cc1ccc2c(c1)CCc1cc(S)[nH]c1-2. The normalized spacial score (nSPS) is 12.2. The van der Waals surface area contributed by atoms with Crippen LogP contribution in [-0.2, 0) is 12.8 Å². The largest absolute Gasteiger partial charge is 0.350 e. The molecule has 17 heavy (non-hydrogen) atoms. The molecule has 1 aromatic carbocycles. The van der Waals surface area contributed by atoms with Gasteiger partial charge in [-0.1, -0.05) is 37.6 Å². The Bertz CT molecular complexity index is 526. The summed E-state index contributed by atoms with van der Waals surface area (Å²) in [6.07, 6.45) is 2.28. The van der Waals surface area contributed by atoms with Crippen molar-refractivity contribution in [2.45, 2.75) is 38.6 Å². The lowest BCUT2D eigenvalue weighted by Gasteiger charge is -2.16. The van der Waals surface area contributed by atoms with Crippen LogP contribution < -0.4 is 0 Å². The zero-order chi connectivity index (χ0) is 12.4. The van der Waals surface area contributed by atoms with Crippen LogP contribution in [0, 0.1) is 6.92 Å². The van der Waals surface area contributed by atoms with E-state index < -0.39 is 0 Å². The van der Waals surface area contributed by atoms with Gasteiger partial charge in [0, 0.05) is 11.3 Å². The number of thiol groups is 1. The molecule has 0 spiro atoms. The van der Waals surface area contributed by atoms with E-state index in [0.717, 1.165) is 17.9 Å². The lowest BCUT2D eigenvalue weighted by atomic mass is 9.89. The Balaban J connectivity index is 0.000000514. The molecule has 1 aromatic heterocycles. The summed E-state index contributed by atoms with van der Waals surface area (Å²) in [6.45, 7) is 6.15. The smallest absolute Gasteiger partial charge is 0.0698 e. The van der Waals surface area contributed by atoms with Gasteiger partial charge < -0.3 is 4.98 Å². The maximum Gasteiger partial charge on any atom is 0.0698 e. The first-order valence-corrected chi connectivity index (χ1v) is 6.69. The van der Waals surface area contributed by atoms with Crippen molar-refractivity contribution in [3.63, 3.8) is 0 Å². The first kappa shape index (κ1) is 12.3. The van der Waals surface area contributed by atoms with Crippen molar-refractivity contribution in [1.29, 1.82) is 0 Å². The van der Waals surface area contributed by atoms with Gasteiger partial charge in [-0.05, 0) is 37.0 Å². The number of aryl methyl sites for hydroxylation is 3. The van der Waals surface area contributed by atoms with Gasteiger partial charge in [0.25, 0.3) is 0 Å². The van der Waals surface area contributed by atoms with E-state index in [0.29, 0.717) is 0 Å². The molecule has 0 radical (unpaired) electrons. The number of H-pyrrole nitrogens is 1. The fraction of sp³-hybridized carbons (Fsp3) is 0.333. The van der Waals surface area contributed by atoms with Crippen LogP contribution in [0.5, 0.6) is 0 Å². The number of fused-ring (bicyclic) bond motifs is 3. The van der Waals surface area contributed by atoms with Crippen molar-refractivity contribution in [2.75, 3.05) is 0 Å². The number of benzene rings is 1. The van der Waals surface area contributed by atoms with Crippen LogP contribution >= 0.6 is 12.6 Å². The number of rotatable bonds is 0. The van der Waals surface area contributed by atoms with Gasteiger partial charge in [-0.2, -0.15) is 0 Å². The predicted molar refractivity (Wildman–Crippen MR) is 77.0 cm³/mol. The molecule has 1 heterocycles. The van der Waals surface area contributed by atoms with E-state index in [9.17, 15) is 0 Å². The van der Waals surface area contributed by atoms with Crippen LogP contribution in [0.3, 0.4) is 0 Å². The Kier molecular flexibility index (Phi) is 3.63. The van der Waals surface area contributed by atoms with Crippen LogP contribution in [0.2, 0.25) is 0 Å². The summed E-state index contributed by atoms with van der Waals surface area (Å²) in [5.41, 5.74) is 6.81. The Morgan fingerprint density at radius 3 is 2.53 bits per heavy atom. The van der Waals surface area contributed by atoms with Crippen molar-refractivity contribution >= 4 is 12.6 Å². The highest BCUT2D eigenvalue weighted by Crippen LogP contribution is 2.34. The van der Waals surface area contributed by atoms with Crippen molar-refractivity contribution in [1.82, 2.24) is 4.98 Å². The third-order valence-electron chi connectivity index (χ3n) is 3.08. The molecule has 0 unspecified atom stereocenters. The summed E-state index contributed by atoms with van der Waals surface area (Å²) in [4.78, 5) is 3.34. The number of aromatic nitrogens is 1. The second-order valence-corrected chi connectivity index (χ2v) is 4.70. The highest BCUT2D eigenvalue weighted by molar-refractivity contribution is 7.80. The molecular formula is C15H19NS. The Morgan fingerprint density at radius 1 is 1.06 bits per heavy atom. The number of nitrogens with one attached hydrogen (secondary N) is 1. The van der Waals surface area contributed by atoms with Gasteiger partial charge in [-0.15, -0.1) is 12.6 Å². The first-order chi connectivity index (χ1) is 8.24. The average molecular weight is 245 g/mol. The summed E-state index contributed by atoms with van der Waals surface area (Å²) in [6, 6.07) is 8.82. The summed E-state index contributed by atoms with van der Waals surface area (Å²) < 4.78 is 0. The predicted octanol–water partition coefficient (Wildman–Crippen LogP) is 4.40. The zero-order valence-electron chi connectivity index (χ0n) is 10.7. The highest BCUT2D eigenvalue weighted by atomic mass is 32.1. The van der Waals surface area contributed by atoms with E-state index >= 15 is 0 Å². The van der Waals surface area contributed by atoms with Gasteiger partial charge in [-0.3, -0.25) is 0 Å².